The van der Waals surface area contributed by atoms with Crippen LogP contribution in [0.15, 0.2) is 51.9 Å². The zero-order chi connectivity index (χ0) is 19.2. The summed E-state index contributed by atoms with van der Waals surface area (Å²) in [5.74, 6) is -0.390. The maximum absolute atomic E-state index is 13.6. The number of hydrogen-bond acceptors (Lipinski definition) is 6. The number of pyridine rings is 1. The largest absolute Gasteiger partial charge is 0.384 e. The van der Waals surface area contributed by atoms with Crippen LogP contribution < -0.4 is 10.9 Å². The number of anilines is 1. The van der Waals surface area contributed by atoms with E-state index < -0.39 is 11.7 Å². The number of carbonyl (C=O) groups excluding carboxylic acids is 1. The van der Waals surface area contributed by atoms with Crippen LogP contribution in [0.25, 0.3) is 11.5 Å². The summed E-state index contributed by atoms with van der Waals surface area (Å²) in [5, 5.41) is 6.27. The maximum Gasteiger partial charge on any atom is 0.259 e. The minimum absolute atomic E-state index is 0.0476. The predicted molar refractivity (Wildman–Crippen MR) is 94.6 cm³/mol. The molecule has 0 atom stereocenters. The molecule has 0 spiro atoms. The van der Waals surface area contributed by atoms with E-state index in [0.29, 0.717) is 24.4 Å². The van der Waals surface area contributed by atoms with Gasteiger partial charge in [-0.1, -0.05) is 17.3 Å². The standard InChI is InChI=1S/C18H17FN4O4/c1-26-9-8-15-21-18(27-22-15)12-6-7-17(25)23(10-12)11-16(24)20-14-5-3-2-4-13(14)19/h2-7,10H,8-9,11H2,1H3,(H,20,24). The van der Waals surface area contributed by atoms with E-state index in [2.05, 4.69) is 15.5 Å². The van der Waals surface area contributed by atoms with Crippen LogP contribution in [0.4, 0.5) is 10.1 Å². The summed E-state index contributed by atoms with van der Waals surface area (Å²) in [4.78, 5) is 28.4. The molecule has 140 valence electrons. The number of methoxy groups -OCH3 is 1. The van der Waals surface area contributed by atoms with Gasteiger partial charge in [-0.3, -0.25) is 9.59 Å². The molecule has 0 fully saturated rings. The molecule has 0 bridgehead atoms. The molecule has 1 aromatic carbocycles. The number of halogens is 1. The van der Waals surface area contributed by atoms with Crippen molar-refractivity contribution in [1.29, 1.82) is 0 Å². The molecule has 2 heterocycles. The fourth-order valence-electron chi connectivity index (χ4n) is 2.35. The van der Waals surface area contributed by atoms with Crippen molar-refractivity contribution in [3.8, 4) is 11.5 Å². The molecule has 9 heteroatoms. The van der Waals surface area contributed by atoms with Crippen LogP contribution >= 0.6 is 0 Å². The van der Waals surface area contributed by atoms with Crippen molar-refractivity contribution in [2.45, 2.75) is 13.0 Å². The number of carbonyl (C=O) groups is 1. The minimum Gasteiger partial charge on any atom is -0.384 e. The fourth-order valence-corrected chi connectivity index (χ4v) is 2.35. The van der Waals surface area contributed by atoms with Gasteiger partial charge in [-0.25, -0.2) is 4.39 Å². The SMILES string of the molecule is COCCc1noc(-c2ccc(=O)n(CC(=O)Nc3ccccc3F)c2)n1. The lowest BCUT2D eigenvalue weighted by atomic mass is 10.2. The van der Waals surface area contributed by atoms with E-state index in [0.717, 1.165) is 0 Å². The molecule has 27 heavy (non-hydrogen) atoms. The lowest BCUT2D eigenvalue weighted by molar-refractivity contribution is -0.116. The molecule has 8 nitrogen and oxygen atoms in total. The van der Waals surface area contributed by atoms with Gasteiger partial charge < -0.3 is 19.1 Å². The Balaban J connectivity index is 1.75. The van der Waals surface area contributed by atoms with Crippen LogP contribution in [0, 0.1) is 5.82 Å². The van der Waals surface area contributed by atoms with Crippen molar-refractivity contribution in [1.82, 2.24) is 14.7 Å². The number of nitrogens with one attached hydrogen (secondary N) is 1. The van der Waals surface area contributed by atoms with Crippen molar-refractivity contribution < 1.29 is 18.4 Å². The number of para-hydroxylation sites is 1. The zero-order valence-electron chi connectivity index (χ0n) is 14.5. The molecule has 1 amide bonds. The van der Waals surface area contributed by atoms with E-state index in [9.17, 15) is 14.0 Å². The summed E-state index contributed by atoms with van der Waals surface area (Å²) in [6.07, 6.45) is 1.93. The van der Waals surface area contributed by atoms with E-state index in [4.69, 9.17) is 9.26 Å². The quantitative estimate of drug-likeness (QED) is 0.680. The second-order valence-corrected chi connectivity index (χ2v) is 5.67. The van der Waals surface area contributed by atoms with E-state index in [1.54, 1.807) is 13.2 Å². The Kier molecular flexibility index (Phi) is 5.72. The van der Waals surface area contributed by atoms with Crippen LogP contribution in [0.1, 0.15) is 5.82 Å². The van der Waals surface area contributed by atoms with Crippen molar-refractivity contribution in [3.63, 3.8) is 0 Å². The first-order valence-electron chi connectivity index (χ1n) is 8.13. The normalized spacial score (nSPS) is 10.7. The van der Waals surface area contributed by atoms with E-state index >= 15 is 0 Å². The molecule has 0 aliphatic heterocycles. The average molecular weight is 372 g/mol. The van der Waals surface area contributed by atoms with Gasteiger partial charge in [0.2, 0.25) is 5.91 Å². The Labute approximate surface area is 153 Å². The number of nitrogens with zero attached hydrogens (tertiary/aromatic N) is 3. The molecule has 3 rings (SSSR count). The van der Waals surface area contributed by atoms with Gasteiger partial charge in [0.25, 0.3) is 11.4 Å². The van der Waals surface area contributed by atoms with E-state index in [1.165, 1.54) is 41.1 Å². The predicted octanol–water partition coefficient (Wildman–Crippen LogP) is 1.86. The highest BCUT2D eigenvalue weighted by atomic mass is 19.1. The van der Waals surface area contributed by atoms with Crippen molar-refractivity contribution >= 4 is 11.6 Å². The Morgan fingerprint density at radius 3 is 2.89 bits per heavy atom. The summed E-state index contributed by atoms with van der Waals surface area (Å²) in [5.41, 5.74) is 0.150. The molecule has 0 radical (unpaired) electrons. The summed E-state index contributed by atoms with van der Waals surface area (Å²) in [7, 11) is 1.57. The second-order valence-electron chi connectivity index (χ2n) is 5.67. The topological polar surface area (TPSA) is 99.3 Å². The molecular weight excluding hydrogens is 355 g/mol. The number of hydrogen-bond donors (Lipinski definition) is 1. The van der Waals surface area contributed by atoms with Crippen LogP contribution in [0.2, 0.25) is 0 Å². The molecule has 0 aliphatic rings. The second kappa shape index (κ2) is 8.37. The number of aromatic nitrogens is 3. The third-order valence-electron chi connectivity index (χ3n) is 3.69. The molecule has 3 aromatic rings. The van der Waals surface area contributed by atoms with Crippen molar-refractivity contribution in [2.75, 3.05) is 19.0 Å². The van der Waals surface area contributed by atoms with Gasteiger partial charge in [-0.2, -0.15) is 4.98 Å². The summed E-state index contributed by atoms with van der Waals surface area (Å²) >= 11 is 0. The lowest BCUT2D eigenvalue weighted by Crippen LogP contribution is -2.27. The Bertz CT molecular complexity index is 999. The number of amides is 1. The van der Waals surface area contributed by atoms with Gasteiger partial charge >= 0.3 is 0 Å². The van der Waals surface area contributed by atoms with Crippen LogP contribution in [-0.4, -0.2) is 34.3 Å². The molecule has 2 aromatic heterocycles. The van der Waals surface area contributed by atoms with Crippen LogP contribution in [0.3, 0.4) is 0 Å². The van der Waals surface area contributed by atoms with Gasteiger partial charge in [0.05, 0.1) is 17.9 Å². The lowest BCUT2D eigenvalue weighted by Gasteiger charge is -2.08. The monoisotopic (exact) mass is 372 g/mol. The first kappa shape index (κ1) is 18.5. The van der Waals surface area contributed by atoms with Crippen LogP contribution in [-0.2, 0) is 22.5 Å². The minimum atomic E-state index is -0.554. The van der Waals surface area contributed by atoms with E-state index in [1.807, 2.05) is 0 Å². The molecule has 1 N–H and O–H groups in total. The first-order valence-corrected chi connectivity index (χ1v) is 8.13. The van der Waals surface area contributed by atoms with Gasteiger partial charge in [-0.15, -0.1) is 0 Å². The molecular formula is C18H17FN4O4. The first-order chi connectivity index (χ1) is 13.1. The third-order valence-corrected chi connectivity index (χ3v) is 3.69. The van der Waals surface area contributed by atoms with Gasteiger partial charge in [0, 0.05) is 25.8 Å². The Hall–Kier alpha value is -3.33. The van der Waals surface area contributed by atoms with E-state index in [-0.39, 0.29) is 23.7 Å². The highest BCUT2D eigenvalue weighted by Gasteiger charge is 2.12. The molecule has 0 saturated heterocycles. The number of rotatable bonds is 7. The summed E-state index contributed by atoms with van der Waals surface area (Å²) in [6, 6.07) is 8.62. The van der Waals surface area contributed by atoms with Crippen molar-refractivity contribution in [2.24, 2.45) is 0 Å². The smallest absolute Gasteiger partial charge is 0.259 e. The van der Waals surface area contributed by atoms with Crippen LogP contribution in [0.5, 0.6) is 0 Å². The zero-order valence-corrected chi connectivity index (χ0v) is 14.5. The fraction of sp³-hybridized carbons (Fsp3) is 0.222. The number of ether oxygens (including phenoxy) is 1. The number of benzene rings is 1. The highest BCUT2D eigenvalue weighted by molar-refractivity contribution is 5.90. The molecule has 0 saturated carbocycles. The molecule has 0 unspecified atom stereocenters. The van der Waals surface area contributed by atoms with Gasteiger partial charge in [0.15, 0.2) is 5.82 Å². The highest BCUT2D eigenvalue weighted by Crippen LogP contribution is 2.16. The third kappa shape index (κ3) is 4.64. The Morgan fingerprint density at radius 2 is 2.11 bits per heavy atom. The maximum atomic E-state index is 13.6. The Morgan fingerprint density at radius 1 is 1.30 bits per heavy atom. The molecule has 0 aliphatic carbocycles. The summed E-state index contributed by atoms with van der Waals surface area (Å²) in [6.45, 7) is 0.167. The average Bonchev–Trinajstić information content (AvgIpc) is 3.12. The van der Waals surface area contributed by atoms with Gasteiger partial charge in [0.1, 0.15) is 12.4 Å². The van der Waals surface area contributed by atoms with Gasteiger partial charge in [-0.05, 0) is 18.2 Å². The van der Waals surface area contributed by atoms with Crippen molar-refractivity contribution in [3.05, 3.63) is 64.6 Å². The summed E-state index contributed by atoms with van der Waals surface area (Å²) < 4.78 is 24.9.